The smallest absolute Gasteiger partial charge is 0.289 e. The second-order valence-electron chi connectivity index (χ2n) is 7.32. The summed E-state index contributed by atoms with van der Waals surface area (Å²) in [6.07, 6.45) is 4.01. The number of hydrogen-bond donors (Lipinski definition) is 0. The molecule has 0 aliphatic carbocycles. The summed E-state index contributed by atoms with van der Waals surface area (Å²) in [6, 6.07) is 11.0. The van der Waals surface area contributed by atoms with Gasteiger partial charge in [0, 0.05) is 32.6 Å². The zero-order chi connectivity index (χ0) is 21.4. The second kappa shape index (κ2) is 8.03. The first kappa shape index (κ1) is 19.6. The molecule has 8 nitrogen and oxygen atoms in total. The maximum absolute atomic E-state index is 12.6. The van der Waals surface area contributed by atoms with Crippen LogP contribution in [0.4, 0.5) is 5.82 Å². The van der Waals surface area contributed by atoms with Gasteiger partial charge in [-0.05, 0) is 24.3 Å². The number of rotatable bonds is 4. The number of aromatic nitrogens is 4. The van der Waals surface area contributed by atoms with Crippen molar-refractivity contribution in [3.63, 3.8) is 0 Å². The zero-order valence-electron chi connectivity index (χ0n) is 17.0. The number of para-hydroxylation sites is 1. The van der Waals surface area contributed by atoms with Gasteiger partial charge < -0.3 is 14.2 Å². The van der Waals surface area contributed by atoms with Gasteiger partial charge in [-0.15, -0.1) is 0 Å². The quantitative estimate of drug-likeness (QED) is 0.486. The van der Waals surface area contributed by atoms with Crippen LogP contribution in [0.25, 0.3) is 16.7 Å². The number of nitrogens with zero attached hydrogens (tertiary/aromatic N) is 6. The van der Waals surface area contributed by atoms with Gasteiger partial charge in [0.25, 0.3) is 5.91 Å². The van der Waals surface area contributed by atoms with Crippen LogP contribution in [0.3, 0.4) is 0 Å². The minimum atomic E-state index is -0.0849. The van der Waals surface area contributed by atoms with Crippen molar-refractivity contribution >= 4 is 34.4 Å². The van der Waals surface area contributed by atoms with Crippen molar-refractivity contribution in [3.05, 3.63) is 65.5 Å². The van der Waals surface area contributed by atoms with E-state index in [2.05, 4.69) is 10.00 Å². The van der Waals surface area contributed by atoms with Crippen LogP contribution in [0.5, 0.6) is 0 Å². The molecule has 5 rings (SSSR count). The predicted molar refractivity (Wildman–Crippen MR) is 118 cm³/mol. The Morgan fingerprint density at radius 1 is 1.10 bits per heavy atom. The summed E-state index contributed by atoms with van der Waals surface area (Å²) in [6.45, 7) is 4.54. The summed E-state index contributed by atoms with van der Waals surface area (Å²) in [7, 11) is 0. The van der Waals surface area contributed by atoms with Gasteiger partial charge in [-0.2, -0.15) is 5.10 Å². The third kappa shape index (κ3) is 3.53. The minimum absolute atomic E-state index is 0.0849. The van der Waals surface area contributed by atoms with Crippen molar-refractivity contribution in [2.75, 3.05) is 31.1 Å². The summed E-state index contributed by atoms with van der Waals surface area (Å²) in [5.41, 5.74) is 1.50. The Labute approximate surface area is 184 Å². The van der Waals surface area contributed by atoms with Crippen LogP contribution in [-0.2, 0) is 6.42 Å². The molecular weight excluding hydrogens is 416 g/mol. The van der Waals surface area contributed by atoms with Gasteiger partial charge in [0.15, 0.2) is 11.4 Å². The molecule has 0 bridgehead atoms. The molecule has 0 atom stereocenters. The van der Waals surface area contributed by atoms with Crippen LogP contribution in [0.1, 0.15) is 23.3 Å². The number of furan rings is 1. The molecule has 0 saturated carbocycles. The topological polar surface area (TPSA) is 80.3 Å². The van der Waals surface area contributed by atoms with Gasteiger partial charge in [0.2, 0.25) is 0 Å². The number of fused-ring (bicyclic) bond motifs is 1. The summed E-state index contributed by atoms with van der Waals surface area (Å²) in [5, 5.41) is 6.03. The highest BCUT2D eigenvalue weighted by Gasteiger charge is 2.26. The van der Waals surface area contributed by atoms with Gasteiger partial charge in [0.05, 0.1) is 28.6 Å². The van der Waals surface area contributed by atoms with Crippen LogP contribution < -0.4 is 4.90 Å². The van der Waals surface area contributed by atoms with E-state index in [0.717, 1.165) is 28.4 Å². The second-order valence-corrected chi connectivity index (χ2v) is 7.73. The minimum Gasteiger partial charge on any atom is -0.459 e. The molecule has 0 spiro atoms. The molecule has 158 valence electrons. The summed E-state index contributed by atoms with van der Waals surface area (Å²) >= 11 is 6.41. The molecule has 1 aromatic carbocycles. The Balaban J connectivity index is 1.47. The summed E-state index contributed by atoms with van der Waals surface area (Å²) < 4.78 is 7.02. The predicted octanol–water partition coefficient (Wildman–Crippen LogP) is 3.59. The molecular formula is C22H21ClN6O2. The first-order valence-corrected chi connectivity index (χ1v) is 10.6. The highest BCUT2D eigenvalue weighted by molar-refractivity contribution is 6.32. The van der Waals surface area contributed by atoms with E-state index in [9.17, 15) is 4.79 Å². The Morgan fingerprint density at radius 2 is 1.90 bits per heavy atom. The van der Waals surface area contributed by atoms with Crippen molar-refractivity contribution in [2.24, 2.45) is 0 Å². The molecule has 3 aromatic heterocycles. The standard InChI is InChI=1S/C22H21ClN6O2/c1-2-19-25-20(27-9-11-28(12-10-27)22(30)18-8-5-13-31-18)15-14-24-29(21(15)26-19)17-7-4-3-6-16(17)23/h3-8,13-14H,2,9-12H2,1H3. The molecule has 9 heteroatoms. The Bertz CT molecular complexity index is 1230. The van der Waals surface area contributed by atoms with E-state index in [4.69, 9.17) is 26.0 Å². The first-order chi connectivity index (χ1) is 15.2. The fourth-order valence-electron chi connectivity index (χ4n) is 3.81. The fourth-order valence-corrected chi connectivity index (χ4v) is 4.03. The van der Waals surface area contributed by atoms with Crippen molar-refractivity contribution < 1.29 is 9.21 Å². The van der Waals surface area contributed by atoms with E-state index >= 15 is 0 Å². The van der Waals surface area contributed by atoms with E-state index in [1.807, 2.05) is 36.1 Å². The molecule has 1 saturated heterocycles. The normalized spacial score (nSPS) is 14.4. The van der Waals surface area contributed by atoms with E-state index in [0.29, 0.717) is 43.4 Å². The molecule has 31 heavy (non-hydrogen) atoms. The number of carbonyl (C=O) groups is 1. The van der Waals surface area contributed by atoms with Crippen LogP contribution in [0.15, 0.2) is 53.3 Å². The maximum atomic E-state index is 12.6. The van der Waals surface area contributed by atoms with E-state index in [-0.39, 0.29) is 5.91 Å². The van der Waals surface area contributed by atoms with E-state index < -0.39 is 0 Å². The molecule has 4 heterocycles. The lowest BCUT2D eigenvalue weighted by molar-refractivity contribution is 0.0714. The van der Waals surface area contributed by atoms with Gasteiger partial charge in [-0.25, -0.2) is 14.6 Å². The molecule has 0 radical (unpaired) electrons. The monoisotopic (exact) mass is 436 g/mol. The average molecular weight is 437 g/mol. The number of piperazine rings is 1. The summed E-state index contributed by atoms with van der Waals surface area (Å²) in [4.78, 5) is 26.1. The van der Waals surface area contributed by atoms with E-state index in [1.165, 1.54) is 6.26 Å². The lowest BCUT2D eigenvalue weighted by Crippen LogP contribution is -2.49. The number of halogens is 1. The van der Waals surface area contributed by atoms with Crippen molar-refractivity contribution in [1.29, 1.82) is 0 Å². The highest BCUT2D eigenvalue weighted by Crippen LogP contribution is 2.29. The zero-order valence-corrected chi connectivity index (χ0v) is 17.8. The Hall–Kier alpha value is -3.39. The largest absolute Gasteiger partial charge is 0.459 e. The number of benzene rings is 1. The Morgan fingerprint density at radius 3 is 2.61 bits per heavy atom. The maximum Gasteiger partial charge on any atom is 0.289 e. The van der Waals surface area contributed by atoms with Gasteiger partial charge in [-0.1, -0.05) is 30.7 Å². The molecule has 1 fully saturated rings. The molecule has 0 unspecified atom stereocenters. The van der Waals surface area contributed by atoms with Crippen LogP contribution >= 0.6 is 11.6 Å². The SMILES string of the molecule is CCc1nc(N2CCN(C(=O)c3ccco3)CC2)c2cnn(-c3ccccc3Cl)c2n1. The number of amides is 1. The molecule has 4 aromatic rings. The molecule has 1 aliphatic rings. The molecule has 1 amide bonds. The lowest BCUT2D eigenvalue weighted by atomic mass is 10.2. The van der Waals surface area contributed by atoms with E-state index in [1.54, 1.807) is 23.0 Å². The average Bonchev–Trinajstić information content (AvgIpc) is 3.49. The van der Waals surface area contributed by atoms with Crippen molar-refractivity contribution in [3.8, 4) is 5.69 Å². The van der Waals surface area contributed by atoms with Gasteiger partial charge in [0.1, 0.15) is 11.6 Å². The van der Waals surface area contributed by atoms with Gasteiger partial charge in [-0.3, -0.25) is 4.79 Å². The summed E-state index contributed by atoms with van der Waals surface area (Å²) in [5.74, 6) is 1.86. The molecule has 1 aliphatic heterocycles. The van der Waals surface area contributed by atoms with Crippen LogP contribution in [0, 0.1) is 0 Å². The fraction of sp³-hybridized carbons (Fsp3) is 0.273. The third-order valence-electron chi connectivity index (χ3n) is 5.45. The highest BCUT2D eigenvalue weighted by atomic mass is 35.5. The first-order valence-electron chi connectivity index (χ1n) is 10.2. The lowest BCUT2D eigenvalue weighted by Gasteiger charge is -2.35. The number of hydrogen-bond acceptors (Lipinski definition) is 6. The molecule has 0 N–H and O–H groups in total. The van der Waals surface area contributed by atoms with Crippen LogP contribution in [0.2, 0.25) is 5.02 Å². The number of aryl methyl sites for hydroxylation is 1. The number of carbonyl (C=O) groups excluding carboxylic acids is 1. The van der Waals surface area contributed by atoms with Crippen LogP contribution in [-0.4, -0.2) is 56.7 Å². The Kier molecular flexibility index (Phi) is 5.07. The number of anilines is 1. The van der Waals surface area contributed by atoms with Gasteiger partial charge >= 0.3 is 0 Å². The van der Waals surface area contributed by atoms with Crippen molar-refractivity contribution in [1.82, 2.24) is 24.6 Å². The third-order valence-corrected chi connectivity index (χ3v) is 5.77. The van der Waals surface area contributed by atoms with Crippen molar-refractivity contribution in [2.45, 2.75) is 13.3 Å².